The Hall–Kier alpha value is -0.830. The average Bonchev–Trinajstić information content (AvgIpc) is 2.48. The maximum Gasteiger partial charge on any atom is 0.141 e. The van der Waals surface area contributed by atoms with Crippen LogP contribution in [0.5, 0.6) is 11.5 Å². The Morgan fingerprint density at radius 2 is 1.95 bits per heavy atom. The van der Waals surface area contributed by atoms with Crippen molar-refractivity contribution in [2.24, 2.45) is 5.84 Å². The summed E-state index contributed by atoms with van der Waals surface area (Å²) in [6, 6.07) is 11.8. The third kappa shape index (κ3) is 3.50. The topological polar surface area (TPSA) is 56.5 Å². The molecule has 0 aliphatic heterocycles. The zero-order valence-electron chi connectivity index (χ0n) is 11.7. The number of halogens is 2. The van der Waals surface area contributed by atoms with Gasteiger partial charge in [0.05, 0.1) is 20.3 Å². The van der Waals surface area contributed by atoms with Crippen molar-refractivity contribution >= 4 is 38.5 Å². The first kappa shape index (κ1) is 16.5. The number of benzene rings is 2. The average molecular weight is 463 g/mol. The molecule has 0 spiro atoms. The fourth-order valence-corrected chi connectivity index (χ4v) is 3.45. The van der Waals surface area contributed by atoms with Crippen molar-refractivity contribution in [3.63, 3.8) is 0 Å². The number of hydrogen-bond donors (Lipinski definition) is 2. The molecule has 6 heteroatoms. The second-order valence-corrected chi connectivity index (χ2v) is 6.40. The number of rotatable bonds is 5. The minimum absolute atomic E-state index is 0.170. The highest BCUT2D eigenvalue weighted by atomic mass is 127. The third-order valence-corrected chi connectivity index (χ3v) is 4.60. The monoisotopic (exact) mass is 462 g/mol. The van der Waals surface area contributed by atoms with Gasteiger partial charge in [-0.05, 0) is 68.3 Å². The second-order valence-electron chi connectivity index (χ2n) is 4.36. The molecule has 0 saturated carbocycles. The molecule has 2 aromatic rings. The first-order valence-electron chi connectivity index (χ1n) is 6.24. The Morgan fingerprint density at radius 1 is 1.19 bits per heavy atom. The van der Waals surface area contributed by atoms with Gasteiger partial charge in [-0.3, -0.25) is 5.84 Å². The molecule has 0 heterocycles. The van der Waals surface area contributed by atoms with Gasteiger partial charge in [0.1, 0.15) is 16.0 Å². The molecule has 2 aromatic carbocycles. The first-order valence-corrected chi connectivity index (χ1v) is 8.11. The molecule has 0 fully saturated rings. The first-order chi connectivity index (χ1) is 10.1. The van der Waals surface area contributed by atoms with E-state index in [9.17, 15) is 0 Å². The van der Waals surface area contributed by atoms with Crippen molar-refractivity contribution in [2.45, 2.75) is 6.04 Å². The Bertz CT molecular complexity index is 637. The molecule has 0 aliphatic carbocycles. The van der Waals surface area contributed by atoms with Gasteiger partial charge in [-0.15, -0.1) is 0 Å². The lowest BCUT2D eigenvalue weighted by Crippen LogP contribution is -2.29. The van der Waals surface area contributed by atoms with Gasteiger partial charge >= 0.3 is 0 Å². The van der Waals surface area contributed by atoms with Crippen LogP contribution in [0.2, 0.25) is 0 Å². The van der Waals surface area contributed by atoms with E-state index in [1.54, 1.807) is 14.2 Å². The highest BCUT2D eigenvalue weighted by Gasteiger charge is 2.21. The van der Waals surface area contributed by atoms with Crippen LogP contribution < -0.4 is 20.7 Å². The van der Waals surface area contributed by atoms with E-state index in [-0.39, 0.29) is 6.04 Å². The maximum atomic E-state index is 5.78. The van der Waals surface area contributed by atoms with Gasteiger partial charge in [-0.2, -0.15) is 0 Å². The van der Waals surface area contributed by atoms with Gasteiger partial charge in [-0.1, -0.05) is 12.1 Å². The largest absolute Gasteiger partial charge is 0.495 e. The van der Waals surface area contributed by atoms with E-state index in [1.807, 2.05) is 30.3 Å². The SMILES string of the molecule is COc1ccc(C(NN)c2cccc(I)c2)c(OC)c1Br. The lowest BCUT2D eigenvalue weighted by atomic mass is 9.98. The molecule has 4 nitrogen and oxygen atoms in total. The Labute approximate surface area is 146 Å². The molecule has 0 aromatic heterocycles. The van der Waals surface area contributed by atoms with Crippen LogP contribution in [-0.4, -0.2) is 14.2 Å². The molecule has 21 heavy (non-hydrogen) atoms. The molecule has 0 aliphatic rings. The van der Waals surface area contributed by atoms with Crippen LogP contribution in [-0.2, 0) is 0 Å². The van der Waals surface area contributed by atoms with Crippen molar-refractivity contribution in [2.75, 3.05) is 14.2 Å². The summed E-state index contributed by atoms with van der Waals surface area (Å²) >= 11 is 5.80. The van der Waals surface area contributed by atoms with Crippen molar-refractivity contribution in [3.8, 4) is 11.5 Å². The molecule has 2 rings (SSSR count). The predicted octanol–water partition coefficient (Wildman–Crippen LogP) is 3.62. The van der Waals surface area contributed by atoms with Crippen LogP contribution in [0.15, 0.2) is 40.9 Å². The number of nitrogens with two attached hydrogens (primary N) is 1. The van der Waals surface area contributed by atoms with Crippen LogP contribution in [0.4, 0.5) is 0 Å². The van der Waals surface area contributed by atoms with Crippen LogP contribution in [0.25, 0.3) is 0 Å². The zero-order chi connectivity index (χ0) is 15.4. The summed E-state index contributed by atoms with van der Waals surface area (Å²) < 4.78 is 12.8. The fraction of sp³-hybridized carbons (Fsp3) is 0.200. The summed E-state index contributed by atoms with van der Waals surface area (Å²) in [6.45, 7) is 0. The van der Waals surface area contributed by atoms with E-state index in [0.29, 0.717) is 11.5 Å². The molecular formula is C15H16BrIN2O2. The van der Waals surface area contributed by atoms with E-state index < -0.39 is 0 Å². The number of hydrazine groups is 1. The van der Waals surface area contributed by atoms with Crippen LogP contribution in [0.1, 0.15) is 17.2 Å². The van der Waals surface area contributed by atoms with E-state index in [4.69, 9.17) is 15.3 Å². The Balaban J connectivity index is 2.55. The van der Waals surface area contributed by atoms with E-state index >= 15 is 0 Å². The molecule has 0 bridgehead atoms. The summed E-state index contributed by atoms with van der Waals surface area (Å²) in [5.41, 5.74) is 4.87. The number of hydrogen-bond acceptors (Lipinski definition) is 4. The van der Waals surface area contributed by atoms with Crippen molar-refractivity contribution in [3.05, 3.63) is 55.6 Å². The summed E-state index contributed by atoms with van der Waals surface area (Å²) in [6.07, 6.45) is 0. The summed E-state index contributed by atoms with van der Waals surface area (Å²) in [7, 11) is 3.25. The quantitative estimate of drug-likeness (QED) is 0.404. The Kier molecular flexibility index (Phi) is 5.86. The molecule has 1 unspecified atom stereocenters. The van der Waals surface area contributed by atoms with E-state index in [1.165, 1.54) is 0 Å². The molecular weight excluding hydrogens is 447 g/mol. The Morgan fingerprint density at radius 3 is 2.52 bits per heavy atom. The van der Waals surface area contributed by atoms with Crippen molar-refractivity contribution in [1.29, 1.82) is 0 Å². The third-order valence-electron chi connectivity index (χ3n) is 3.18. The zero-order valence-corrected chi connectivity index (χ0v) is 15.4. The van der Waals surface area contributed by atoms with Gasteiger partial charge in [0.2, 0.25) is 0 Å². The maximum absolute atomic E-state index is 5.78. The van der Waals surface area contributed by atoms with Crippen LogP contribution >= 0.6 is 38.5 Å². The fourth-order valence-electron chi connectivity index (χ4n) is 2.20. The van der Waals surface area contributed by atoms with Gasteiger partial charge in [0.25, 0.3) is 0 Å². The normalized spacial score (nSPS) is 12.0. The lowest BCUT2D eigenvalue weighted by Gasteiger charge is -2.21. The van der Waals surface area contributed by atoms with Gasteiger partial charge in [0.15, 0.2) is 0 Å². The van der Waals surface area contributed by atoms with Gasteiger partial charge in [0, 0.05) is 9.13 Å². The summed E-state index contributed by atoms with van der Waals surface area (Å²) in [5.74, 6) is 7.20. The molecule has 0 amide bonds. The molecule has 3 N–H and O–H groups in total. The van der Waals surface area contributed by atoms with Crippen molar-refractivity contribution in [1.82, 2.24) is 5.43 Å². The smallest absolute Gasteiger partial charge is 0.141 e. The number of methoxy groups -OCH3 is 2. The number of ether oxygens (including phenoxy) is 2. The lowest BCUT2D eigenvalue weighted by molar-refractivity contribution is 0.383. The molecule has 0 radical (unpaired) electrons. The van der Waals surface area contributed by atoms with Crippen LogP contribution in [0, 0.1) is 3.57 Å². The minimum atomic E-state index is -0.170. The van der Waals surface area contributed by atoms with Gasteiger partial charge < -0.3 is 9.47 Å². The highest BCUT2D eigenvalue weighted by Crippen LogP contribution is 2.41. The van der Waals surface area contributed by atoms with E-state index in [0.717, 1.165) is 19.2 Å². The van der Waals surface area contributed by atoms with Crippen LogP contribution in [0.3, 0.4) is 0 Å². The molecule has 112 valence electrons. The van der Waals surface area contributed by atoms with E-state index in [2.05, 4.69) is 50.0 Å². The second kappa shape index (κ2) is 7.44. The van der Waals surface area contributed by atoms with Gasteiger partial charge in [-0.25, -0.2) is 5.43 Å². The summed E-state index contributed by atoms with van der Waals surface area (Å²) in [5, 5.41) is 0. The number of nitrogens with one attached hydrogen (secondary N) is 1. The van der Waals surface area contributed by atoms with Crippen molar-refractivity contribution < 1.29 is 9.47 Å². The standard InChI is InChI=1S/C15H16BrIN2O2/c1-20-12-7-6-11(15(21-2)13(12)16)14(19-18)9-4-3-5-10(17)8-9/h3-8,14,19H,18H2,1-2H3. The molecule has 1 atom stereocenters. The molecule has 0 saturated heterocycles. The highest BCUT2D eigenvalue weighted by molar-refractivity contribution is 14.1. The minimum Gasteiger partial charge on any atom is -0.495 e. The predicted molar refractivity (Wildman–Crippen MR) is 95.6 cm³/mol. The summed E-state index contributed by atoms with van der Waals surface area (Å²) in [4.78, 5) is 0.